The van der Waals surface area contributed by atoms with Gasteiger partial charge in [0.15, 0.2) is 0 Å². The molecule has 0 fully saturated rings. The first-order valence-corrected chi connectivity index (χ1v) is 10.5. The van der Waals surface area contributed by atoms with Gasteiger partial charge in [0.05, 0.1) is 17.6 Å². The Morgan fingerprint density at radius 2 is 1.61 bits per heavy atom. The van der Waals surface area contributed by atoms with Gasteiger partial charge in [0.2, 0.25) is 0 Å². The quantitative estimate of drug-likeness (QED) is 0.324. The molecule has 0 saturated heterocycles. The highest BCUT2D eigenvalue weighted by Gasteiger charge is 2.12. The van der Waals surface area contributed by atoms with E-state index in [4.69, 9.17) is 14.5 Å². The molecule has 0 N–H and O–H groups in total. The van der Waals surface area contributed by atoms with Crippen molar-refractivity contribution in [3.63, 3.8) is 0 Å². The van der Waals surface area contributed by atoms with Crippen molar-refractivity contribution in [3.05, 3.63) is 102 Å². The lowest BCUT2D eigenvalue weighted by Crippen LogP contribution is -2.13. The van der Waals surface area contributed by atoms with Crippen LogP contribution in [0.1, 0.15) is 11.4 Å². The molecular formula is C27H24N2O2. The maximum Gasteiger partial charge on any atom is 0.148 e. The Labute approximate surface area is 181 Å². The number of nitrogens with zero attached hydrogens (tertiary/aromatic N) is 2. The van der Waals surface area contributed by atoms with Crippen LogP contribution < -0.4 is 9.47 Å². The van der Waals surface area contributed by atoms with Crippen molar-refractivity contribution in [1.82, 2.24) is 9.55 Å². The maximum absolute atomic E-state index is 6.23. The summed E-state index contributed by atoms with van der Waals surface area (Å²) in [6.45, 7) is 3.72. The van der Waals surface area contributed by atoms with Crippen LogP contribution >= 0.6 is 0 Å². The first-order chi connectivity index (χ1) is 15.3. The molecule has 5 aromatic rings. The van der Waals surface area contributed by atoms with Gasteiger partial charge in [0.1, 0.15) is 30.5 Å². The Morgan fingerprint density at radius 3 is 2.55 bits per heavy atom. The molecule has 1 aromatic heterocycles. The number of rotatable bonds is 7. The summed E-state index contributed by atoms with van der Waals surface area (Å²) in [6, 6.07) is 30.7. The summed E-state index contributed by atoms with van der Waals surface area (Å²) in [5, 5.41) is 2.27. The van der Waals surface area contributed by atoms with Gasteiger partial charge in [-0.1, -0.05) is 60.7 Å². The van der Waals surface area contributed by atoms with Gasteiger partial charge in [-0.05, 0) is 48.2 Å². The molecule has 31 heavy (non-hydrogen) atoms. The van der Waals surface area contributed by atoms with Gasteiger partial charge in [0.25, 0.3) is 0 Å². The van der Waals surface area contributed by atoms with Crippen molar-refractivity contribution >= 4 is 21.8 Å². The van der Waals surface area contributed by atoms with Crippen molar-refractivity contribution in [2.24, 2.45) is 0 Å². The van der Waals surface area contributed by atoms with Crippen molar-refractivity contribution in [1.29, 1.82) is 0 Å². The van der Waals surface area contributed by atoms with Gasteiger partial charge in [-0.3, -0.25) is 0 Å². The van der Waals surface area contributed by atoms with Crippen LogP contribution in [0.5, 0.6) is 11.5 Å². The summed E-state index contributed by atoms with van der Waals surface area (Å²) in [7, 11) is 0. The van der Waals surface area contributed by atoms with E-state index in [0.717, 1.165) is 33.7 Å². The highest BCUT2D eigenvalue weighted by Crippen LogP contribution is 2.26. The molecule has 0 aliphatic heterocycles. The number of fused-ring (bicyclic) bond motifs is 2. The fourth-order valence-electron chi connectivity index (χ4n) is 3.91. The number of para-hydroxylation sites is 2. The number of aryl methyl sites for hydroxylation is 1. The van der Waals surface area contributed by atoms with Crippen molar-refractivity contribution < 1.29 is 9.47 Å². The van der Waals surface area contributed by atoms with E-state index < -0.39 is 0 Å². The molecule has 154 valence electrons. The van der Waals surface area contributed by atoms with E-state index in [1.54, 1.807) is 0 Å². The minimum Gasteiger partial charge on any atom is -0.492 e. The number of benzene rings is 4. The van der Waals surface area contributed by atoms with Gasteiger partial charge in [-0.25, -0.2) is 4.98 Å². The Bertz CT molecular complexity index is 1330. The number of hydrogen-bond acceptors (Lipinski definition) is 3. The lowest BCUT2D eigenvalue weighted by Gasteiger charge is -2.13. The van der Waals surface area contributed by atoms with E-state index >= 15 is 0 Å². The first kappa shape index (κ1) is 19.2. The fraction of sp³-hybridized carbons (Fsp3) is 0.148. The van der Waals surface area contributed by atoms with Crippen LogP contribution in [0.25, 0.3) is 21.8 Å². The SMILES string of the molecule is Cc1cccc(OCCn2c(COc3cccc4ccccc34)nc3ccccc32)c1. The highest BCUT2D eigenvalue weighted by molar-refractivity contribution is 5.88. The van der Waals surface area contributed by atoms with E-state index in [1.165, 1.54) is 10.9 Å². The molecule has 0 spiro atoms. The second-order valence-corrected chi connectivity index (χ2v) is 7.60. The number of ether oxygens (including phenoxy) is 2. The Morgan fingerprint density at radius 1 is 0.806 bits per heavy atom. The summed E-state index contributed by atoms with van der Waals surface area (Å²) >= 11 is 0. The molecule has 4 heteroatoms. The topological polar surface area (TPSA) is 36.3 Å². The zero-order chi connectivity index (χ0) is 21.0. The van der Waals surface area contributed by atoms with Crippen LogP contribution in [0.3, 0.4) is 0 Å². The lowest BCUT2D eigenvalue weighted by molar-refractivity contribution is 0.274. The molecule has 0 bridgehead atoms. The zero-order valence-electron chi connectivity index (χ0n) is 17.5. The third kappa shape index (κ3) is 4.10. The highest BCUT2D eigenvalue weighted by atomic mass is 16.5. The van der Waals surface area contributed by atoms with E-state index in [2.05, 4.69) is 47.9 Å². The van der Waals surface area contributed by atoms with E-state index in [1.807, 2.05) is 54.6 Å². The summed E-state index contributed by atoms with van der Waals surface area (Å²) in [6.07, 6.45) is 0. The monoisotopic (exact) mass is 408 g/mol. The summed E-state index contributed by atoms with van der Waals surface area (Å²) in [4.78, 5) is 4.83. The van der Waals surface area contributed by atoms with Crippen LogP contribution in [-0.2, 0) is 13.2 Å². The van der Waals surface area contributed by atoms with Gasteiger partial charge < -0.3 is 14.0 Å². The molecular weight excluding hydrogens is 384 g/mol. The van der Waals surface area contributed by atoms with E-state index in [0.29, 0.717) is 19.8 Å². The normalized spacial score (nSPS) is 11.1. The number of hydrogen-bond donors (Lipinski definition) is 0. The lowest BCUT2D eigenvalue weighted by atomic mass is 10.1. The summed E-state index contributed by atoms with van der Waals surface area (Å²) in [5.41, 5.74) is 3.25. The maximum atomic E-state index is 6.23. The summed E-state index contributed by atoms with van der Waals surface area (Å²) < 4.78 is 14.4. The fourth-order valence-corrected chi connectivity index (χ4v) is 3.91. The minimum absolute atomic E-state index is 0.396. The average Bonchev–Trinajstić information content (AvgIpc) is 3.15. The molecule has 0 radical (unpaired) electrons. The Kier molecular flexibility index (Phi) is 5.28. The van der Waals surface area contributed by atoms with E-state index in [-0.39, 0.29) is 0 Å². The third-order valence-electron chi connectivity index (χ3n) is 5.41. The Balaban J connectivity index is 1.38. The predicted molar refractivity (Wildman–Crippen MR) is 125 cm³/mol. The van der Waals surface area contributed by atoms with Gasteiger partial charge in [-0.15, -0.1) is 0 Å². The molecule has 0 atom stereocenters. The molecule has 5 rings (SSSR count). The predicted octanol–water partition coefficient (Wildman–Crippen LogP) is 6.16. The van der Waals surface area contributed by atoms with Crippen molar-refractivity contribution in [2.75, 3.05) is 6.61 Å². The van der Waals surface area contributed by atoms with E-state index in [9.17, 15) is 0 Å². The van der Waals surface area contributed by atoms with Crippen molar-refractivity contribution in [3.8, 4) is 11.5 Å². The molecule has 4 aromatic carbocycles. The van der Waals surface area contributed by atoms with Crippen LogP contribution in [0.2, 0.25) is 0 Å². The first-order valence-electron chi connectivity index (χ1n) is 10.5. The molecule has 0 amide bonds. The molecule has 1 heterocycles. The second kappa shape index (κ2) is 8.52. The second-order valence-electron chi connectivity index (χ2n) is 7.60. The number of aromatic nitrogens is 2. The molecule has 0 aliphatic carbocycles. The molecule has 0 aliphatic rings. The minimum atomic E-state index is 0.396. The van der Waals surface area contributed by atoms with Gasteiger partial charge in [0, 0.05) is 5.39 Å². The van der Waals surface area contributed by atoms with Crippen LogP contribution in [0.4, 0.5) is 0 Å². The van der Waals surface area contributed by atoms with Crippen LogP contribution in [0, 0.1) is 6.92 Å². The van der Waals surface area contributed by atoms with Gasteiger partial charge >= 0.3 is 0 Å². The van der Waals surface area contributed by atoms with Gasteiger partial charge in [-0.2, -0.15) is 0 Å². The third-order valence-corrected chi connectivity index (χ3v) is 5.41. The standard InChI is InChI=1S/C27H24N2O2/c1-20-8-6-11-22(18-20)30-17-16-29-25-14-5-4-13-24(25)28-27(29)19-31-26-15-7-10-21-9-2-3-12-23(21)26/h2-15,18H,16-17,19H2,1H3. The number of imidazole rings is 1. The van der Waals surface area contributed by atoms with Crippen LogP contribution in [0.15, 0.2) is 91.0 Å². The van der Waals surface area contributed by atoms with Crippen molar-refractivity contribution in [2.45, 2.75) is 20.1 Å². The summed E-state index contributed by atoms with van der Waals surface area (Å²) in [5.74, 6) is 2.65. The zero-order valence-corrected chi connectivity index (χ0v) is 17.5. The van der Waals surface area contributed by atoms with Crippen LogP contribution in [-0.4, -0.2) is 16.2 Å². The molecule has 0 saturated carbocycles. The average molecular weight is 409 g/mol. The smallest absolute Gasteiger partial charge is 0.148 e. The molecule has 0 unspecified atom stereocenters. The largest absolute Gasteiger partial charge is 0.492 e. The molecule has 4 nitrogen and oxygen atoms in total. The Hall–Kier alpha value is -3.79.